The highest BCUT2D eigenvalue weighted by Gasteiger charge is 2.18. The van der Waals surface area contributed by atoms with Crippen LogP contribution >= 0.6 is 15.9 Å². The first-order valence-corrected chi connectivity index (χ1v) is 6.80. The molecular formula is C14H18BrN3. The van der Waals surface area contributed by atoms with Crippen LogP contribution in [-0.2, 0) is 0 Å². The summed E-state index contributed by atoms with van der Waals surface area (Å²) in [5.74, 6) is 1.03. The zero-order valence-corrected chi connectivity index (χ0v) is 12.5. The fraction of sp³-hybridized carbons (Fsp3) is 0.357. The van der Waals surface area contributed by atoms with Crippen molar-refractivity contribution in [2.45, 2.75) is 26.7 Å². The minimum Gasteiger partial charge on any atom is -0.336 e. The Morgan fingerprint density at radius 1 is 1.22 bits per heavy atom. The van der Waals surface area contributed by atoms with E-state index < -0.39 is 0 Å². The van der Waals surface area contributed by atoms with Crippen LogP contribution in [0.4, 0.5) is 0 Å². The first-order valence-electron chi connectivity index (χ1n) is 6.01. The number of imidazole rings is 1. The van der Waals surface area contributed by atoms with Crippen LogP contribution in [0.3, 0.4) is 0 Å². The molecule has 0 aliphatic rings. The second-order valence-corrected chi connectivity index (χ2v) is 5.55. The summed E-state index contributed by atoms with van der Waals surface area (Å²) >= 11 is 3.39. The van der Waals surface area contributed by atoms with Gasteiger partial charge >= 0.3 is 0 Å². The van der Waals surface area contributed by atoms with Gasteiger partial charge in [-0.15, -0.1) is 0 Å². The number of nitrogens with two attached hydrogens (primary N) is 1. The molecule has 0 saturated carbocycles. The van der Waals surface area contributed by atoms with E-state index in [0.29, 0.717) is 6.54 Å². The SMILES string of the molecule is Cc1cc(C)c(C(CN)c2ncc(Br)[nH]2)cc1C. The maximum Gasteiger partial charge on any atom is 0.115 e. The molecule has 4 heteroatoms. The van der Waals surface area contributed by atoms with Crippen molar-refractivity contribution in [3.63, 3.8) is 0 Å². The lowest BCUT2D eigenvalue weighted by atomic mass is 9.91. The molecule has 0 aliphatic heterocycles. The number of aryl methyl sites for hydroxylation is 3. The second kappa shape index (κ2) is 5.24. The van der Waals surface area contributed by atoms with E-state index in [9.17, 15) is 0 Å². The van der Waals surface area contributed by atoms with Gasteiger partial charge in [0.1, 0.15) is 10.4 Å². The van der Waals surface area contributed by atoms with Gasteiger partial charge in [-0.05, 0) is 59.0 Å². The highest BCUT2D eigenvalue weighted by molar-refractivity contribution is 9.10. The number of nitrogens with one attached hydrogen (secondary N) is 1. The Morgan fingerprint density at radius 3 is 2.44 bits per heavy atom. The molecular weight excluding hydrogens is 290 g/mol. The zero-order chi connectivity index (χ0) is 13.3. The number of nitrogens with zero attached hydrogens (tertiary/aromatic N) is 1. The largest absolute Gasteiger partial charge is 0.336 e. The highest BCUT2D eigenvalue weighted by atomic mass is 79.9. The lowest BCUT2D eigenvalue weighted by Gasteiger charge is -2.17. The fourth-order valence-electron chi connectivity index (χ4n) is 2.23. The Morgan fingerprint density at radius 2 is 1.89 bits per heavy atom. The molecule has 0 spiro atoms. The van der Waals surface area contributed by atoms with Crippen molar-refractivity contribution < 1.29 is 0 Å². The molecule has 0 amide bonds. The third-order valence-electron chi connectivity index (χ3n) is 3.39. The molecule has 96 valence electrons. The molecule has 18 heavy (non-hydrogen) atoms. The van der Waals surface area contributed by atoms with Crippen molar-refractivity contribution in [3.8, 4) is 0 Å². The second-order valence-electron chi connectivity index (χ2n) is 4.70. The monoisotopic (exact) mass is 307 g/mol. The van der Waals surface area contributed by atoms with E-state index >= 15 is 0 Å². The van der Waals surface area contributed by atoms with Crippen molar-refractivity contribution in [2.24, 2.45) is 5.73 Å². The Bertz CT molecular complexity index is 560. The van der Waals surface area contributed by atoms with Crippen LogP contribution in [0, 0.1) is 20.8 Å². The third-order valence-corrected chi connectivity index (χ3v) is 3.79. The van der Waals surface area contributed by atoms with Gasteiger partial charge in [0.15, 0.2) is 0 Å². The summed E-state index contributed by atoms with van der Waals surface area (Å²) in [5, 5.41) is 0. The number of benzene rings is 1. The first-order chi connectivity index (χ1) is 8.52. The summed E-state index contributed by atoms with van der Waals surface area (Å²) < 4.78 is 0.887. The Kier molecular flexibility index (Phi) is 3.88. The van der Waals surface area contributed by atoms with Gasteiger partial charge in [-0.2, -0.15) is 0 Å². The maximum atomic E-state index is 5.93. The van der Waals surface area contributed by atoms with Gasteiger partial charge in [0.25, 0.3) is 0 Å². The molecule has 0 fully saturated rings. The molecule has 0 saturated heterocycles. The molecule has 1 atom stereocenters. The molecule has 0 radical (unpaired) electrons. The summed E-state index contributed by atoms with van der Waals surface area (Å²) in [7, 11) is 0. The molecule has 0 bridgehead atoms. The minimum atomic E-state index is 0.121. The van der Waals surface area contributed by atoms with Crippen LogP contribution in [0.1, 0.15) is 34.0 Å². The first kappa shape index (κ1) is 13.3. The topological polar surface area (TPSA) is 54.7 Å². The average molecular weight is 308 g/mol. The zero-order valence-electron chi connectivity index (χ0n) is 10.9. The van der Waals surface area contributed by atoms with Crippen LogP contribution in [0.25, 0.3) is 0 Å². The van der Waals surface area contributed by atoms with Gasteiger partial charge in [-0.1, -0.05) is 12.1 Å². The number of aromatic amines is 1. The number of halogens is 1. The lowest BCUT2D eigenvalue weighted by molar-refractivity contribution is 0.757. The van der Waals surface area contributed by atoms with Crippen LogP contribution in [0.5, 0.6) is 0 Å². The van der Waals surface area contributed by atoms with Crippen molar-refractivity contribution in [1.29, 1.82) is 0 Å². The van der Waals surface area contributed by atoms with E-state index in [-0.39, 0.29) is 5.92 Å². The fourth-order valence-corrected chi connectivity index (χ4v) is 2.54. The minimum absolute atomic E-state index is 0.121. The summed E-state index contributed by atoms with van der Waals surface area (Å²) in [6.07, 6.45) is 1.77. The Labute approximate surface area is 116 Å². The number of aromatic nitrogens is 2. The summed E-state index contributed by atoms with van der Waals surface area (Å²) in [6, 6.07) is 4.43. The molecule has 2 aromatic rings. The predicted octanol–water partition coefficient (Wildman–Crippen LogP) is 3.19. The molecule has 1 aromatic heterocycles. The molecule has 1 aromatic carbocycles. The van der Waals surface area contributed by atoms with Crippen LogP contribution in [0.2, 0.25) is 0 Å². The van der Waals surface area contributed by atoms with Crippen molar-refractivity contribution in [2.75, 3.05) is 6.54 Å². The van der Waals surface area contributed by atoms with Crippen LogP contribution < -0.4 is 5.73 Å². The normalized spacial score (nSPS) is 12.7. The van der Waals surface area contributed by atoms with E-state index in [1.165, 1.54) is 22.3 Å². The van der Waals surface area contributed by atoms with Crippen molar-refractivity contribution in [3.05, 3.63) is 51.0 Å². The van der Waals surface area contributed by atoms with Crippen LogP contribution in [-0.4, -0.2) is 16.5 Å². The molecule has 3 nitrogen and oxygen atoms in total. The van der Waals surface area contributed by atoms with Gasteiger partial charge in [0, 0.05) is 6.54 Å². The average Bonchev–Trinajstić information content (AvgIpc) is 2.73. The molecule has 3 N–H and O–H groups in total. The van der Waals surface area contributed by atoms with E-state index in [4.69, 9.17) is 5.73 Å². The summed E-state index contributed by atoms with van der Waals surface area (Å²) in [4.78, 5) is 7.59. The van der Waals surface area contributed by atoms with Gasteiger partial charge < -0.3 is 10.7 Å². The quantitative estimate of drug-likeness (QED) is 0.915. The summed E-state index contributed by atoms with van der Waals surface area (Å²) in [6.45, 7) is 6.93. The predicted molar refractivity (Wildman–Crippen MR) is 77.8 cm³/mol. The summed E-state index contributed by atoms with van der Waals surface area (Å²) in [5.41, 5.74) is 11.0. The molecule has 2 rings (SSSR count). The van der Waals surface area contributed by atoms with Gasteiger partial charge in [0.05, 0.1) is 12.1 Å². The Hall–Kier alpha value is -1.13. The Balaban J connectivity index is 2.48. The van der Waals surface area contributed by atoms with E-state index in [2.05, 4.69) is 58.8 Å². The smallest absolute Gasteiger partial charge is 0.115 e. The third kappa shape index (κ3) is 2.49. The van der Waals surface area contributed by atoms with Crippen molar-refractivity contribution >= 4 is 15.9 Å². The number of rotatable bonds is 3. The number of hydrogen-bond acceptors (Lipinski definition) is 2. The van der Waals surface area contributed by atoms with Gasteiger partial charge in [-0.3, -0.25) is 0 Å². The van der Waals surface area contributed by atoms with Crippen LogP contribution in [0.15, 0.2) is 22.9 Å². The molecule has 1 heterocycles. The van der Waals surface area contributed by atoms with E-state index in [1.807, 2.05) is 0 Å². The van der Waals surface area contributed by atoms with Gasteiger partial charge in [-0.25, -0.2) is 4.98 Å². The number of H-pyrrole nitrogens is 1. The standard InChI is InChI=1S/C14H18BrN3/c1-8-4-10(3)11(5-9(8)2)12(6-16)14-17-7-13(15)18-14/h4-5,7,12H,6,16H2,1-3H3,(H,17,18). The maximum absolute atomic E-state index is 5.93. The highest BCUT2D eigenvalue weighted by Crippen LogP contribution is 2.27. The number of hydrogen-bond donors (Lipinski definition) is 2. The molecule has 0 aliphatic carbocycles. The van der Waals surface area contributed by atoms with E-state index in [1.54, 1.807) is 6.20 Å². The molecule has 1 unspecified atom stereocenters. The van der Waals surface area contributed by atoms with E-state index in [0.717, 1.165) is 10.4 Å². The van der Waals surface area contributed by atoms with Gasteiger partial charge in [0.2, 0.25) is 0 Å². The lowest BCUT2D eigenvalue weighted by Crippen LogP contribution is -2.16. The van der Waals surface area contributed by atoms with Crippen molar-refractivity contribution in [1.82, 2.24) is 9.97 Å².